The predicted molar refractivity (Wildman–Crippen MR) is 70.0 cm³/mol. The molecule has 0 aliphatic carbocycles. The molecule has 2 heterocycles. The summed E-state index contributed by atoms with van der Waals surface area (Å²) in [7, 11) is 0. The third kappa shape index (κ3) is 2.76. The van der Waals surface area contributed by atoms with Crippen molar-refractivity contribution in [2.45, 2.75) is 19.4 Å². The van der Waals surface area contributed by atoms with Crippen molar-refractivity contribution in [2.24, 2.45) is 4.99 Å². The Bertz CT molecular complexity index is 474. The minimum Gasteiger partial charge on any atom is -0.320 e. The fraction of sp³-hybridized carbons (Fsp3) is 0.455. The van der Waals surface area contributed by atoms with Gasteiger partial charge in [0.25, 0.3) is 6.54 Å². The third-order valence-corrected chi connectivity index (χ3v) is 3.04. The number of hydrogen-bond acceptors (Lipinski definition) is 5. The van der Waals surface area contributed by atoms with E-state index in [0.717, 1.165) is 12.1 Å². The summed E-state index contributed by atoms with van der Waals surface area (Å²) >= 11 is 5.74. The van der Waals surface area contributed by atoms with Gasteiger partial charge in [0.15, 0.2) is 5.84 Å². The van der Waals surface area contributed by atoms with Crippen LogP contribution in [0.1, 0.15) is 13.3 Å². The van der Waals surface area contributed by atoms with Gasteiger partial charge >= 0.3 is 0 Å². The number of amidine groups is 1. The van der Waals surface area contributed by atoms with E-state index in [1.165, 1.54) is 0 Å². The van der Waals surface area contributed by atoms with Gasteiger partial charge in [-0.1, -0.05) is 11.6 Å². The zero-order valence-corrected chi connectivity index (χ0v) is 10.7. The highest BCUT2D eigenvalue weighted by Crippen LogP contribution is 2.22. The number of hydrogen-bond donors (Lipinski definition) is 0. The van der Waals surface area contributed by atoms with Crippen molar-refractivity contribution >= 4 is 23.1 Å². The van der Waals surface area contributed by atoms with Gasteiger partial charge in [-0.15, -0.1) is 0 Å². The lowest BCUT2D eigenvalue weighted by atomic mass is 10.1. The molecule has 0 aromatic carbocycles. The molecule has 1 aliphatic heterocycles. The van der Waals surface area contributed by atoms with Crippen molar-refractivity contribution < 1.29 is 4.92 Å². The average molecular weight is 269 g/mol. The minimum atomic E-state index is -0.368. The van der Waals surface area contributed by atoms with Gasteiger partial charge in [-0.05, 0) is 25.5 Å². The number of anilines is 1. The molecule has 1 unspecified atom stereocenters. The van der Waals surface area contributed by atoms with E-state index in [-0.39, 0.29) is 17.5 Å². The van der Waals surface area contributed by atoms with Crippen molar-refractivity contribution in [1.82, 2.24) is 4.98 Å². The first-order valence-electron chi connectivity index (χ1n) is 5.64. The predicted octanol–water partition coefficient (Wildman–Crippen LogP) is 2.01. The van der Waals surface area contributed by atoms with Gasteiger partial charge in [0, 0.05) is 17.5 Å². The summed E-state index contributed by atoms with van der Waals surface area (Å²) in [6.45, 7) is 2.37. The molecule has 0 saturated heterocycles. The highest BCUT2D eigenvalue weighted by molar-refractivity contribution is 6.29. The first-order valence-corrected chi connectivity index (χ1v) is 6.01. The summed E-state index contributed by atoms with van der Waals surface area (Å²) in [4.78, 5) is 20.4. The largest absolute Gasteiger partial charge is 0.320 e. The molecule has 0 fully saturated rings. The van der Waals surface area contributed by atoms with Crippen LogP contribution in [0.4, 0.5) is 5.69 Å². The Kier molecular flexibility index (Phi) is 3.76. The normalized spacial score (nSPS) is 19.6. The Labute approximate surface area is 109 Å². The molecule has 0 radical (unpaired) electrons. The van der Waals surface area contributed by atoms with Crippen LogP contribution in [0.2, 0.25) is 5.15 Å². The van der Waals surface area contributed by atoms with Crippen molar-refractivity contribution in [1.29, 1.82) is 0 Å². The van der Waals surface area contributed by atoms with Gasteiger partial charge in [0.05, 0.1) is 11.9 Å². The molecule has 0 spiro atoms. The van der Waals surface area contributed by atoms with E-state index in [1.54, 1.807) is 18.3 Å². The van der Waals surface area contributed by atoms with Crippen LogP contribution in [0.15, 0.2) is 23.3 Å². The van der Waals surface area contributed by atoms with Gasteiger partial charge < -0.3 is 4.90 Å². The van der Waals surface area contributed by atoms with Crippen LogP contribution in [0, 0.1) is 10.1 Å². The maximum atomic E-state index is 10.7. The summed E-state index contributed by atoms with van der Waals surface area (Å²) in [5, 5.41) is 11.1. The van der Waals surface area contributed by atoms with Gasteiger partial charge in [-0.25, -0.2) is 4.98 Å². The van der Waals surface area contributed by atoms with E-state index in [1.807, 2.05) is 11.8 Å². The van der Waals surface area contributed by atoms with Crippen molar-refractivity contribution in [3.05, 3.63) is 33.6 Å². The van der Waals surface area contributed by atoms with E-state index >= 15 is 0 Å². The van der Waals surface area contributed by atoms with Crippen LogP contribution in [-0.2, 0) is 0 Å². The summed E-state index contributed by atoms with van der Waals surface area (Å²) in [5.74, 6) is 0.475. The van der Waals surface area contributed by atoms with Crippen LogP contribution in [0.3, 0.4) is 0 Å². The van der Waals surface area contributed by atoms with E-state index in [2.05, 4.69) is 9.98 Å². The number of halogens is 1. The molecule has 1 aliphatic rings. The quantitative estimate of drug-likeness (QED) is 0.478. The Morgan fingerprint density at radius 3 is 3.00 bits per heavy atom. The van der Waals surface area contributed by atoms with Crippen LogP contribution >= 0.6 is 11.6 Å². The van der Waals surface area contributed by atoms with E-state index in [0.29, 0.717) is 17.5 Å². The standard InChI is InChI=1S/C11H13ClN4O2/c1-8-4-5-13-11(7-15(17)18)16(8)9-2-3-10(12)14-6-9/h2-3,6,8H,4-5,7H2,1H3. The zero-order chi connectivity index (χ0) is 13.1. The second-order valence-corrected chi connectivity index (χ2v) is 4.52. The molecule has 1 atom stereocenters. The smallest absolute Gasteiger partial charge is 0.260 e. The highest BCUT2D eigenvalue weighted by Gasteiger charge is 2.26. The topological polar surface area (TPSA) is 71.6 Å². The van der Waals surface area contributed by atoms with E-state index in [9.17, 15) is 10.1 Å². The molecule has 0 bridgehead atoms. The molecule has 0 N–H and O–H groups in total. The monoisotopic (exact) mass is 268 g/mol. The summed E-state index contributed by atoms with van der Waals surface area (Å²) in [6.07, 6.45) is 2.48. The number of rotatable bonds is 3. The van der Waals surface area contributed by atoms with Crippen molar-refractivity contribution in [2.75, 3.05) is 18.0 Å². The molecule has 2 rings (SSSR count). The molecule has 18 heavy (non-hydrogen) atoms. The fourth-order valence-electron chi connectivity index (χ4n) is 2.00. The molecule has 0 amide bonds. The number of aromatic nitrogens is 1. The lowest BCUT2D eigenvalue weighted by molar-refractivity contribution is -0.463. The molecule has 1 aromatic rings. The van der Waals surface area contributed by atoms with Gasteiger partial charge in [0.2, 0.25) is 0 Å². The second-order valence-electron chi connectivity index (χ2n) is 4.14. The Hall–Kier alpha value is -1.69. The van der Waals surface area contributed by atoms with Crippen molar-refractivity contribution in [3.63, 3.8) is 0 Å². The Balaban J connectivity index is 2.31. The number of nitro groups is 1. The number of pyridine rings is 1. The molecular formula is C11H13ClN4O2. The Morgan fingerprint density at radius 2 is 2.39 bits per heavy atom. The number of nitrogens with zero attached hydrogens (tertiary/aromatic N) is 4. The first kappa shape index (κ1) is 12.8. The van der Waals surface area contributed by atoms with Gasteiger partial charge in [-0.3, -0.25) is 15.1 Å². The second kappa shape index (κ2) is 5.30. The van der Waals surface area contributed by atoms with Crippen LogP contribution < -0.4 is 4.90 Å². The summed E-state index contributed by atoms with van der Waals surface area (Å²) in [6, 6.07) is 3.63. The average Bonchev–Trinajstić information content (AvgIpc) is 2.30. The summed E-state index contributed by atoms with van der Waals surface area (Å²) < 4.78 is 0. The molecule has 7 heteroatoms. The van der Waals surface area contributed by atoms with Gasteiger partial charge in [0.1, 0.15) is 5.15 Å². The van der Waals surface area contributed by atoms with Crippen LogP contribution in [0.5, 0.6) is 0 Å². The highest BCUT2D eigenvalue weighted by atomic mass is 35.5. The summed E-state index contributed by atoms with van der Waals surface area (Å²) in [5.41, 5.74) is 0.784. The lowest BCUT2D eigenvalue weighted by Crippen LogP contribution is -2.45. The zero-order valence-electron chi connectivity index (χ0n) is 9.91. The van der Waals surface area contributed by atoms with E-state index in [4.69, 9.17) is 11.6 Å². The molecule has 0 saturated carbocycles. The Morgan fingerprint density at radius 1 is 1.61 bits per heavy atom. The van der Waals surface area contributed by atoms with Crippen LogP contribution in [0.25, 0.3) is 0 Å². The molecule has 6 nitrogen and oxygen atoms in total. The maximum Gasteiger partial charge on any atom is 0.260 e. The lowest BCUT2D eigenvalue weighted by Gasteiger charge is -2.33. The third-order valence-electron chi connectivity index (χ3n) is 2.82. The fourth-order valence-corrected chi connectivity index (χ4v) is 2.11. The van der Waals surface area contributed by atoms with Crippen LogP contribution in [-0.4, -0.2) is 34.9 Å². The molecule has 96 valence electrons. The minimum absolute atomic E-state index is 0.167. The maximum absolute atomic E-state index is 10.7. The molecular weight excluding hydrogens is 256 g/mol. The SMILES string of the molecule is CC1CCN=C(C[N+](=O)[O-])N1c1ccc(Cl)nc1. The molecule has 1 aromatic heterocycles. The van der Waals surface area contributed by atoms with Gasteiger partial charge in [-0.2, -0.15) is 0 Å². The van der Waals surface area contributed by atoms with E-state index < -0.39 is 0 Å². The number of aliphatic imine (C=N–C) groups is 1. The first-order chi connectivity index (χ1) is 8.58. The van der Waals surface area contributed by atoms with Crippen molar-refractivity contribution in [3.8, 4) is 0 Å².